The first-order valence-electron chi connectivity index (χ1n) is 8.68. The van der Waals surface area contributed by atoms with Gasteiger partial charge in [-0.1, -0.05) is 30.3 Å². The van der Waals surface area contributed by atoms with E-state index in [2.05, 4.69) is 10.3 Å². The molecule has 0 saturated carbocycles. The molecule has 2 aliphatic heterocycles. The number of fused-ring (bicyclic) bond motifs is 2. The van der Waals surface area contributed by atoms with Crippen molar-refractivity contribution in [3.05, 3.63) is 54.2 Å². The SMILES string of the molecule is N=C(NC(=O)c1cocn1)[C@@H]1CC[C@@H]2CN1C(=O)N2OCc1ccccc1. The Morgan fingerprint density at radius 3 is 2.89 bits per heavy atom. The highest BCUT2D eigenvalue weighted by Gasteiger charge is 2.47. The molecule has 9 nitrogen and oxygen atoms in total. The van der Waals surface area contributed by atoms with Crippen LogP contribution in [-0.2, 0) is 11.4 Å². The van der Waals surface area contributed by atoms with Crippen LogP contribution >= 0.6 is 0 Å². The van der Waals surface area contributed by atoms with Crippen LogP contribution < -0.4 is 5.32 Å². The van der Waals surface area contributed by atoms with Gasteiger partial charge in [-0.2, -0.15) is 5.06 Å². The molecule has 0 spiro atoms. The summed E-state index contributed by atoms with van der Waals surface area (Å²) in [6.45, 7) is 0.780. The number of nitrogens with zero attached hydrogens (tertiary/aromatic N) is 3. The van der Waals surface area contributed by atoms with Crippen LogP contribution in [0.4, 0.5) is 4.79 Å². The normalized spacial score (nSPS) is 21.4. The van der Waals surface area contributed by atoms with Gasteiger partial charge in [0.2, 0.25) is 0 Å². The summed E-state index contributed by atoms with van der Waals surface area (Å²) < 4.78 is 4.78. The number of hydrogen-bond acceptors (Lipinski definition) is 6. The fourth-order valence-corrected chi connectivity index (χ4v) is 3.41. The number of nitrogens with one attached hydrogen (secondary N) is 2. The maximum Gasteiger partial charge on any atom is 0.344 e. The predicted molar refractivity (Wildman–Crippen MR) is 93.7 cm³/mol. The highest BCUT2D eigenvalue weighted by Crippen LogP contribution is 2.30. The Morgan fingerprint density at radius 1 is 1.33 bits per heavy atom. The molecular weight excluding hydrogens is 350 g/mol. The van der Waals surface area contributed by atoms with E-state index in [9.17, 15) is 9.59 Å². The molecule has 0 unspecified atom stereocenters. The molecule has 3 amide bonds. The molecule has 1 aromatic carbocycles. The quantitative estimate of drug-likeness (QED) is 0.616. The summed E-state index contributed by atoms with van der Waals surface area (Å²) in [6.07, 6.45) is 3.64. The zero-order chi connectivity index (χ0) is 18.8. The monoisotopic (exact) mass is 369 g/mol. The van der Waals surface area contributed by atoms with Crippen LogP contribution in [0.3, 0.4) is 0 Å². The van der Waals surface area contributed by atoms with Gasteiger partial charge in [0.25, 0.3) is 5.91 Å². The van der Waals surface area contributed by atoms with E-state index in [1.807, 2.05) is 30.3 Å². The minimum Gasteiger partial charge on any atom is -0.451 e. The zero-order valence-electron chi connectivity index (χ0n) is 14.5. The maximum absolute atomic E-state index is 12.7. The van der Waals surface area contributed by atoms with Gasteiger partial charge < -0.3 is 14.6 Å². The van der Waals surface area contributed by atoms with Crippen molar-refractivity contribution in [2.75, 3.05) is 6.54 Å². The van der Waals surface area contributed by atoms with Crippen molar-refractivity contribution in [2.45, 2.75) is 31.5 Å². The molecule has 2 bridgehead atoms. The summed E-state index contributed by atoms with van der Waals surface area (Å²) in [7, 11) is 0. The van der Waals surface area contributed by atoms with Crippen molar-refractivity contribution in [3.63, 3.8) is 0 Å². The fraction of sp³-hybridized carbons (Fsp3) is 0.333. The zero-order valence-corrected chi connectivity index (χ0v) is 14.5. The van der Waals surface area contributed by atoms with E-state index < -0.39 is 11.9 Å². The smallest absolute Gasteiger partial charge is 0.344 e. The summed E-state index contributed by atoms with van der Waals surface area (Å²) in [5, 5.41) is 12.1. The van der Waals surface area contributed by atoms with E-state index in [1.165, 1.54) is 11.3 Å². The molecule has 2 fully saturated rings. The lowest BCUT2D eigenvalue weighted by molar-refractivity contribution is -0.140. The van der Waals surface area contributed by atoms with Crippen molar-refractivity contribution in [2.24, 2.45) is 0 Å². The number of hydroxylamine groups is 2. The number of hydrogen-bond donors (Lipinski definition) is 2. The standard InChI is InChI=1S/C18H19N5O4/c19-16(21-17(24)14-10-26-11-20-14)15-7-6-13-8-22(15)18(25)23(13)27-9-12-4-2-1-3-5-12/h1-5,10-11,13,15H,6-9H2,(H2,19,21,24)/t13-,15+/m1/s1. The summed E-state index contributed by atoms with van der Waals surface area (Å²) in [5.74, 6) is -0.556. The summed E-state index contributed by atoms with van der Waals surface area (Å²) in [5.41, 5.74) is 1.07. The van der Waals surface area contributed by atoms with Crippen molar-refractivity contribution < 1.29 is 18.8 Å². The molecule has 2 aromatic rings. The molecule has 2 N–H and O–H groups in total. The number of rotatable bonds is 5. The van der Waals surface area contributed by atoms with E-state index >= 15 is 0 Å². The lowest BCUT2D eigenvalue weighted by atomic mass is 10.00. The summed E-state index contributed by atoms with van der Waals surface area (Å²) in [4.78, 5) is 35.9. The van der Waals surface area contributed by atoms with E-state index in [0.717, 1.165) is 12.0 Å². The average Bonchev–Trinajstić information content (AvgIpc) is 3.30. The highest BCUT2D eigenvalue weighted by atomic mass is 16.7. The number of aromatic nitrogens is 1. The third-order valence-corrected chi connectivity index (χ3v) is 4.78. The van der Waals surface area contributed by atoms with Gasteiger partial charge in [-0.25, -0.2) is 9.78 Å². The fourth-order valence-electron chi connectivity index (χ4n) is 3.41. The van der Waals surface area contributed by atoms with Gasteiger partial charge in [-0.15, -0.1) is 0 Å². The molecule has 2 atom stereocenters. The highest BCUT2D eigenvalue weighted by molar-refractivity contribution is 6.06. The number of oxazole rings is 1. The van der Waals surface area contributed by atoms with Gasteiger partial charge in [0, 0.05) is 6.54 Å². The molecule has 0 radical (unpaired) electrons. The Bertz CT molecular complexity index is 839. The van der Waals surface area contributed by atoms with Crippen LogP contribution in [0.5, 0.6) is 0 Å². The second-order valence-electron chi connectivity index (χ2n) is 6.51. The van der Waals surface area contributed by atoms with Gasteiger partial charge >= 0.3 is 6.03 Å². The van der Waals surface area contributed by atoms with Crippen LogP contribution in [0, 0.1) is 5.41 Å². The van der Waals surface area contributed by atoms with Gasteiger partial charge in [-0.3, -0.25) is 15.0 Å². The van der Waals surface area contributed by atoms with Gasteiger partial charge in [0.05, 0.1) is 12.1 Å². The van der Waals surface area contributed by atoms with Crippen molar-refractivity contribution in [3.8, 4) is 0 Å². The molecule has 4 rings (SSSR count). The van der Waals surface area contributed by atoms with Gasteiger partial charge in [-0.05, 0) is 18.4 Å². The van der Waals surface area contributed by atoms with E-state index in [1.54, 1.807) is 4.90 Å². The Kier molecular flexibility index (Phi) is 4.59. The number of amides is 3. The third-order valence-electron chi connectivity index (χ3n) is 4.78. The molecule has 2 aliphatic rings. The third kappa shape index (κ3) is 3.41. The van der Waals surface area contributed by atoms with E-state index in [0.29, 0.717) is 26.0 Å². The second-order valence-corrected chi connectivity index (χ2v) is 6.51. The van der Waals surface area contributed by atoms with E-state index in [4.69, 9.17) is 14.7 Å². The van der Waals surface area contributed by atoms with Gasteiger partial charge in [0.15, 0.2) is 12.1 Å². The second kappa shape index (κ2) is 7.20. The van der Waals surface area contributed by atoms with Crippen LogP contribution in [0.2, 0.25) is 0 Å². The maximum atomic E-state index is 12.7. The number of amidine groups is 1. The lowest BCUT2D eigenvalue weighted by Gasteiger charge is -2.30. The molecule has 3 heterocycles. The van der Waals surface area contributed by atoms with Crippen molar-refractivity contribution in [1.82, 2.24) is 20.3 Å². The first-order valence-corrected chi connectivity index (χ1v) is 8.68. The summed E-state index contributed by atoms with van der Waals surface area (Å²) >= 11 is 0. The van der Waals surface area contributed by atoms with Crippen LogP contribution in [0.1, 0.15) is 28.9 Å². The first kappa shape index (κ1) is 17.2. The Hall–Kier alpha value is -3.20. The van der Waals surface area contributed by atoms with Gasteiger partial charge in [0.1, 0.15) is 18.7 Å². The molecule has 0 aliphatic carbocycles. The molecular formula is C18H19N5O4. The van der Waals surface area contributed by atoms with Crippen LogP contribution in [-0.4, -0.2) is 51.3 Å². The lowest BCUT2D eigenvalue weighted by Crippen LogP contribution is -2.50. The number of benzene rings is 1. The molecule has 27 heavy (non-hydrogen) atoms. The Labute approximate surface area is 155 Å². The summed E-state index contributed by atoms with van der Waals surface area (Å²) in [6, 6.07) is 8.82. The minimum atomic E-state index is -0.528. The Morgan fingerprint density at radius 2 is 2.15 bits per heavy atom. The largest absolute Gasteiger partial charge is 0.451 e. The van der Waals surface area contributed by atoms with E-state index in [-0.39, 0.29) is 23.6 Å². The van der Waals surface area contributed by atoms with Crippen LogP contribution in [0.25, 0.3) is 0 Å². The number of carbonyl (C=O) groups is 2. The topological polar surface area (TPSA) is 112 Å². The minimum absolute atomic E-state index is 0.0280. The number of urea groups is 1. The average molecular weight is 369 g/mol. The van der Waals surface area contributed by atoms with Crippen molar-refractivity contribution in [1.29, 1.82) is 5.41 Å². The molecule has 2 saturated heterocycles. The molecule has 140 valence electrons. The van der Waals surface area contributed by atoms with Crippen molar-refractivity contribution >= 4 is 17.8 Å². The number of piperidine rings is 1. The van der Waals surface area contributed by atoms with Crippen LogP contribution in [0.15, 0.2) is 47.4 Å². The predicted octanol–water partition coefficient (Wildman–Crippen LogP) is 1.78. The molecule has 1 aromatic heterocycles. The molecule has 9 heteroatoms. The Balaban J connectivity index is 1.38. The first-order chi connectivity index (χ1) is 13.1. The number of carbonyl (C=O) groups excluding carboxylic acids is 2.